The molecule has 1 aromatic carbocycles. The lowest BCUT2D eigenvalue weighted by atomic mass is 9.80. The summed E-state index contributed by atoms with van der Waals surface area (Å²) in [6.45, 7) is 17.7. The Labute approximate surface area is 463 Å². The highest BCUT2D eigenvalue weighted by molar-refractivity contribution is 7.99. The maximum atomic E-state index is 16.2. The number of aryl methyl sites for hydroxylation is 3. The molecular weight excluding hydrogens is 1040 g/mol. The average Bonchev–Trinajstić information content (AvgIpc) is 4.18. The van der Waals surface area contributed by atoms with Gasteiger partial charge in [-0.05, 0) is 100 Å². The van der Waals surface area contributed by atoms with Crippen molar-refractivity contribution in [3.63, 3.8) is 0 Å². The number of anilines is 2. The number of rotatable bonds is 17. The predicted octanol–water partition coefficient (Wildman–Crippen LogP) is 5.98. The van der Waals surface area contributed by atoms with E-state index in [0.717, 1.165) is 47.0 Å². The fraction of sp³-hybridized carbons (Fsp3) is 0.574. The molecule has 0 radical (unpaired) electrons. The number of benzene rings is 1. The monoisotopic (exact) mass is 1110 g/mol. The van der Waals surface area contributed by atoms with Gasteiger partial charge in [-0.15, -0.1) is 16.4 Å². The number of aliphatic hydroxyl groups excluding tert-OH is 2. The molecule has 23 heteroatoms. The van der Waals surface area contributed by atoms with Gasteiger partial charge in [0.25, 0.3) is 0 Å². The number of nitrogens with one attached hydrogen (secondary N) is 1. The molecule has 4 aliphatic heterocycles. The molecule has 4 saturated heterocycles. The van der Waals surface area contributed by atoms with Crippen LogP contribution in [-0.2, 0) is 21.0 Å². The number of β-amino-alcohol motifs (C(OH)–C–C–N with tert-alkyl or cyclic N) is 1. The average molecular weight is 1120 g/mol. The zero-order chi connectivity index (χ0) is 54.7. The van der Waals surface area contributed by atoms with Crippen molar-refractivity contribution in [2.45, 2.75) is 121 Å². The number of piperazine rings is 1. The van der Waals surface area contributed by atoms with Gasteiger partial charge < -0.3 is 40.9 Å². The minimum absolute atomic E-state index is 0.00781. The number of carbonyl (C=O) groups is 3. The van der Waals surface area contributed by atoms with Crippen molar-refractivity contribution in [1.29, 1.82) is 0 Å². The summed E-state index contributed by atoms with van der Waals surface area (Å²) in [7, 11) is 0. The summed E-state index contributed by atoms with van der Waals surface area (Å²) < 4.78 is 17.7. The van der Waals surface area contributed by atoms with Crippen molar-refractivity contribution < 1.29 is 29.0 Å². The third-order valence-corrected chi connectivity index (χ3v) is 18.4. The molecule has 5 N–H and O–H groups in total. The fourth-order valence-corrected chi connectivity index (χ4v) is 13.2. The summed E-state index contributed by atoms with van der Waals surface area (Å²) in [4.78, 5) is 72.8. The maximum absolute atomic E-state index is 16.2. The number of aromatic nitrogens is 7. The van der Waals surface area contributed by atoms with Crippen LogP contribution < -0.4 is 20.9 Å². The number of amides is 3. The number of nitrogens with zero attached hydrogens (tertiary/aromatic N) is 12. The normalized spacial score (nSPS) is 20.3. The molecule has 4 atom stereocenters. The summed E-state index contributed by atoms with van der Waals surface area (Å²) in [5.41, 5.74) is 11.6. The lowest BCUT2D eigenvalue weighted by molar-refractivity contribution is -0.142. The van der Waals surface area contributed by atoms with E-state index in [4.69, 9.17) is 27.3 Å². The second kappa shape index (κ2) is 24.3. The summed E-state index contributed by atoms with van der Waals surface area (Å²) in [6.07, 6.45) is 7.94. The lowest BCUT2D eigenvalue weighted by Gasteiger charge is -2.39. The van der Waals surface area contributed by atoms with Gasteiger partial charge in [-0.25, -0.2) is 29.0 Å². The SMILES string of the molecule is Cc1cn([C@H](C(=O)N2C[C@H](O)C[C@H]2C(=O)N[C@@H](CCN2CCN(C(=O)C3CCN(c4nccc(Sc5cnc(N6CCC(C)(CN)CC6)c(CO)n5)c4Cl)CC3)CC2)c2cc(F)c(-c3scnc3C)cc2C)C(C)C)nn1. The Morgan fingerprint density at radius 1 is 1.00 bits per heavy atom. The number of halogens is 2. The summed E-state index contributed by atoms with van der Waals surface area (Å²) in [5.74, 6) is -0.0227. The Hall–Kier alpha value is -5.36. The summed E-state index contributed by atoms with van der Waals surface area (Å²) in [6, 6.07) is 2.84. The van der Waals surface area contributed by atoms with Crippen molar-refractivity contribution in [3.8, 4) is 10.4 Å². The fourth-order valence-electron chi connectivity index (χ4n) is 11.3. The van der Waals surface area contributed by atoms with Crippen LogP contribution in [0.4, 0.5) is 16.0 Å². The minimum atomic E-state index is -0.959. The number of aliphatic hydroxyl groups is 2. The molecule has 414 valence electrons. The van der Waals surface area contributed by atoms with Gasteiger partial charge in [-0.2, -0.15) is 0 Å². The van der Waals surface area contributed by atoms with E-state index in [1.54, 1.807) is 31.0 Å². The molecular formula is C54H72ClFN14O5S2. The highest BCUT2D eigenvalue weighted by Gasteiger charge is 2.44. The Balaban J connectivity index is 0.812. The smallest absolute Gasteiger partial charge is 0.248 e. The van der Waals surface area contributed by atoms with E-state index in [2.05, 4.69) is 47.2 Å². The Morgan fingerprint density at radius 3 is 2.38 bits per heavy atom. The third kappa shape index (κ3) is 12.6. The van der Waals surface area contributed by atoms with Crippen LogP contribution in [0.5, 0.6) is 0 Å². The lowest BCUT2D eigenvalue weighted by Crippen LogP contribution is -2.52. The topological polar surface area (TPSA) is 228 Å². The zero-order valence-corrected chi connectivity index (χ0v) is 47.3. The van der Waals surface area contributed by atoms with Crippen molar-refractivity contribution in [2.75, 3.05) is 81.8 Å². The van der Waals surface area contributed by atoms with Crippen LogP contribution in [0.15, 0.2) is 52.2 Å². The number of carbonyl (C=O) groups excluding carboxylic acids is 3. The first-order valence-corrected chi connectivity index (χ1v) is 28.9. The number of pyridine rings is 1. The van der Waals surface area contributed by atoms with Gasteiger partial charge in [0.15, 0.2) is 5.82 Å². The van der Waals surface area contributed by atoms with E-state index >= 15 is 4.39 Å². The van der Waals surface area contributed by atoms with Crippen LogP contribution in [0.3, 0.4) is 0 Å². The first-order chi connectivity index (χ1) is 36.9. The van der Waals surface area contributed by atoms with E-state index in [0.29, 0.717) is 116 Å². The number of likely N-dealkylation sites (tertiary alicyclic amines) is 1. The molecule has 3 amide bonds. The number of piperidine rings is 2. The van der Waals surface area contributed by atoms with Crippen molar-refractivity contribution in [2.24, 2.45) is 23.0 Å². The third-order valence-electron chi connectivity index (χ3n) is 16.0. The molecule has 0 bridgehead atoms. The van der Waals surface area contributed by atoms with E-state index in [9.17, 15) is 24.6 Å². The molecule has 4 aromatic heterocycles. The van der Waals surface area contributed by atoms with Crippen LogP contribution in [0.1, 0.15) is 99.6 Å². The van der Waals surface area contributed by atoms with Crippen LogP contribution in [0.25, 0.3) is 10.4 Å². The maximum Gasteiger partial charge on any atom is 0.248 e. The Kier molecular flexibility index (Phi) is 17.8. The summed E-state index contributed by atoms with van der Waals surface area (Å²) in [5, 5.41) is 33.8. The van der Waals surface area contributed by atoms with E-state index in [-0.39, 0.29) is 48.6 Å². The van der Waals surface area contributed by atoms with Crippen LogP contribution in [0, 0.1) is 43.8 Å². The number of thiazole rings is 1. The number of hydrogen-bond donors (Lipinski definition) is 4. The molecule has 0 aliphatic carbocycles. The largest absolute Gasteiger partial charge is 0.391 e. The first-order valence-electron chi connectivity index (χ1n) is 26.8. The minimum Gasteiger partial charge on any atom is -0.391 e. The van der Waals surface area contributed by atoms with Gasteiger partial charge in [0.1, 0.15) is 34.4 Å². The molecule has 9 rings (SSSR count). The van der Waals surface area contributed by atoms with Crippen molar-refractivity contribution in [1.82, 2.24) is 54.9 Å². The quantitative estimate of drug-likeness (QED) is 0.0840. The highest BCUT2D eigenvalue weighted by atomic mass is 35.5. The molecule has 0 saturated carbocycles. The first kappa shape index (κ1) is 56.4. The van der Waals surface area contributed by atoms with E-state index in [1.165, 1.54) is 38.7 Å². The van der Waals surface area contributed by atoms with Crippen LogP contribution in [-0.4, -0.2) is 162 Å². The van der Waals surface area contributed by atoms with Gasteiger partial charge in [-0.3, -0.25) is 19.3 Å². The van der Waals surface area contributed by atoms with Gasteiger partial charge in [0.05, 0.1) is 51.7 Å². The van der Waals surface area contributed by atoms with Crippen molar-refractivity contribution >= 4 is 64.1 Å². The van der Waals surface area contributed by atoms with Gasteiger partial charge >= 0.3 is 0 Å². The second-order valence-electron chi connectivity index (χ2n) is 21.8. The van der Waals surface area contributed by atoms with E-state index in [1.807, 2.05) is 44.7 Å². The van der Waals surface area contributed by atoms with Crippen molar-refractivity contribution in [3.05, 3.63) is 81.3 Å². The Bertz CT molecular complexity index is 2900. The van der Waals surface area contributed by atoms with Crippen LogP contribution in [0.2, 0.25) is 5.02 Å². The van der Waals surface area contributed by atoms with Gasteiger partial charge in [0, 0.05) is 101 Å². The molecule has 0 unspecified atom stereocenters. The van der Waals surface area contributed by atoms with Gasteiger partial charge in [-0.1, -0.05) is 49.3 Å². The highest BCUT2D eigenvalue weighted by Crippen LogP contribution is 2.40. The molecule has 19 nitrogen and oxygen atoms in total. The molecule has 4 fully saturated rings. The molecule has 8 heterocycles. The second-order valence-corrected chi connectivity index (χ2v) is 24.1. The standard InChI is InChI=1S/C54H72ClFN14O5S2/c1-32(2)47(70-27-34(4)63-64-70)53(75)69-28-37(72)24-43(69)51(73)62-41(38-25-40(56)39(23-33(38)3)48-35(5)60-31-76-48)10-14-65-19-21-68(22-20-65)52(74)36-8-15-66(16-9-36)50-46(55)44(7-13-58-50)77-45-26-59-49(42(29-71)61-45)67-17-11-54(6,30-57)12-18-67/h7,13,23,25-27,31-32,36-37,41,43,47,71-72H,8-12,14-22,24,28-30,57H2,1-6H3,(H,62,73)/t37-,41+,43+,47+/m1/s1. The van der Waals surface area contributed by atoms with E-state index < -0.39 is 36.0 Å². The predicted molar refractivity (Wildman–Crippen MR) is 295 cm³/mol. The number of hydrogen-bond acceptors (Lipinski definition) is 17. The molecule has 5 aromatic rings. The molecule has 77 heavy (non-hydrogen) atoms. The zero-order valence-electron chi connectivity index (χ0n) is 44.9. The van der Waals surface area contributed by atoms with Crippen LogP contribution >= 0.6 is 34.7 Å². The molecule has 0 spiro atoms. The number of nitrogens with two attached hydrogens (primary N) is 1. The van der Waals surface area contributed by atoms with Gasteiger partial charge in [0.2, 0.25) is 17.7 Å². The molecule has 4 aliphatic rings. The Morgan fingerprint density at radius 2 is 1.73 bits per heavy atom. The summed E-state index contributed by atoms with van der Waals surface area (Å²) >= 11 is 9.79.